The Balaban J connectivity index is 2.00. The number of rotatable bonds is 5. The Kier molecular flexibility index (Phi) is 4.38. The van der Waals surface area contributed by atoms with Gasteiger partial charge in [0.05, 0.1) is 12.1 Å². The fraction of sp³-hybridized carbons (Fsp3) is 0.231. The summed E-state index contributed by atoms with van der Waals surface area (Å²) >= 11 is 3.13. The highest BCUT2D eigenvalue weighted by Gasteiger charge is 2.11. The number of thioether (sulfide) groups is 1. The summed E-state index contributed by atoms with van der Waals surface area (Å²) in [6, 6.07) is 10.2. The molecule has 3 nitrogen and oxygen atoms in total. The molecule has 0 spiro atoms. The minimum atomic E-state index is -0.804. The monoisotopic (exact) mass is 279 g/mol. The Morgan fingerprint density at radius 3 is 2.78 bits per heavy atom. The van der Waals surface area contributed by atoms with Crippen LogP contribution in [-0.4, -0.2) is 16.1 Å². The number of aromatic nitrogens is 1. The van der Waals surface area contributed by atoms with Gasteiger partial charge in [0, 0.05) is 10.6 Å². The number of carboxylic acids is 1. The predicted octanol–water partition coefficient (Wildman–Crippen LogP) is 3.37. The van der Waals surface area contributed by atoms with Crippen LogP contribution in [0.1, 0.15) is 16.1 Å². The molecule has 0 fully saturated rings. The van der Waals surface area contributed by atoms with Gasteiger partial charge in [-0.25, -0.2) is 4.98 Å². The van der Waals surface area contributed by atoms with Crippen LogP contribution in [0.5, 0.6) is 0 Å². The fourth-order valence-electron chi connectivity index (χ4n) is 1.48. The number of carboxylic acid groups (broad SMARTS) is 1. The van der Waals surface area contributed by atoms with E-state index in [1.54, 1.807) is 11.8 Å². The van der Waals surface area contributed by atoms with Gasteiger partial charge in [-0.1, -0.05) is 42.1 Å². The standard InChI is InChI=1S/C13H13NO2S2/c1-9-11(7-12(15)16)18-13(14-9)17-8-10-5-3-2-4-6-10/h2-6H,7-8H2,1H3,(H,15,16). The molecule has 0 radical (unpaired) electrons. The molecule has 1 aromatic heterocycles. The molecule has 0 aliphatic heterocycles. The zero-order valence-electron chi connectivity index (χ0n) is 9.92. The van der Waals surface area contributed by atoms with Crippen LogP contribution in [0.15, 0.2) is 34.7 Å². The van der Waals surface area contributed by atoms with Gasteiger partial charge < -0.3 is 5.11 Å². The van der Waals surface area contributed by atoms with E-state index in [-0.39, 0.29) is 6.42 Å². The summed E-state index contributed by atoms with van der Waals surface area (Å²) in [5.41, 5.74) is 2.08. The van der Waals surface area contributed by atoms with Gasteiger partial charge in [-0.05, 0) is 12.5 Å². The first kappa shape index (κ1) is 13.1. The van der Waals surface area contributed by atoms with E-state index in [2.05, 4.69) is 17.1 Å². The molecule has 0 amide bonds. The van der Waals surface area contributed by atoms with E-state index in [1.807, 2.05) is 25.1 Å². The summed E-state index contributed by atoms with van der Waals surface area (Å²) in [5.74, 6) is 0.0571. The van der Waals surface area contributed by atoms with Gasteiger partial charge in [-0.3, -0.25) is 4.79 Å². The van der Waals surface area contributed by atoms with E-state index in [1.165, 1.54) is 16.9 Å². The third-order valence-corrected chi connectivity index (χ3v) is 4.76. The Hall–Kier alpha value is -1.33. The summed E-state index contributed by atoms with van der Waals surface area (Å²) in [6.07, 6.45) is 0.0649. The van der Waals surface area contributed by atoms with Crippen molar-refractivity contribution >= 4 is 29.1 Å². The molecular formula is C13H13NO2S2. The quantitative estimate of drug-likeness (QED) is 0.853. The van der Waals surface area contributed by atoms with E-state index in [9.17, 15) is 4.79 Å². The molecular weight excluding hydrogens is 266 g/mol. The second kappa shape index (κ2) is 6.02. The first-order valence-electron chi connectivity index (χ1n) is 5.50. The lowest BCUT2D eigenvalue weighted by atomic mass is 10.2. The third kappa shape index (κ3) is 3.58. The van der Waals surface area contributed by atoms with E-state index in [0.29, 0.717) is 0 Å². The van der Waals surface area contributed by atoms with Crippen LogP contribution in [0.2, 0.25) is 0 Å². The minimum Gasteiger partial charge on any atom is -0.481 e. The maximum atomic E-state index is 10.7. The summed E-state index contributed by atoms with van der Waals surface area (Å²) in [4.78, 5) is 15.9. The number of aryl methyl sites for hydroxylation is 1. The second-order valence-electron chi connectivity index (χ2n) is 3.83. The molecule has 0 saturated carbocycles. The Labute approximate surface area is 114 Å². The zero-order chi connectivity index (χ0) is 13.0. The van der Waals surface area contributed by atoms with Crippen molar-refractivity contribution in [2.45, 2.75) is 23.4 Å². The summed E-state index contributed by atoms with van der Waals surface area (Å²) in [6.45, 7) is 1.86. The molecule has 94 valence electrons. The lowest BCUT2D eigenvalue weighted by molar-refractivity contribution is -0.136. The molecule has 2 rings (SSSR count). The van der Waals surface area contributed by atoms with Crippen molar-refractivity contribution in [3.05, 3.63) is 46.5 Å². The Morgan fingerprint density at radius 1 is 1.39 bits per heavy atom. The van der Waals surface area contributed by atoms with Crippen molar-refractivity contribution < 1.29 is 9.90 Å². The van der Waals surface area contributed by atoms with E-state index in [4.69, 9.17) is 5.11 Å². The van der Waals surface area contributed by atoms with E-state index >= 15 is 0 Å². The number of nitrogens with zero attached hydrogens (tertiary/aromatic N) is 1. The van der Waals surface area contributed by atoms with Crippen molar-refractivity contribution in [3.63, 3.8) is 0 Å². The van der Waals surface area contributed by atoms with Crippen molar-refractivity contribution in [2.75, 3.05) is 0 Å². The van der Waals surface area contributed by atoms with Gasteiger partial charge in [-0.2, -0.15) is 0 Å². The second-order valence-corrected chi connectivity index (χ2v) is 6.14. The van der Waals surface area contributed by atoms with Crippen molar-refractivity contribution in [1.82, 2.24) is 4.98 Å². The van der Waals surface area contributed by atoms with Gasteiger partial charge in [0.25, 0.3) is 0 Å². The molecule has 0 aliphatic rings. The molecule has 0 aliphatic carbocycles. The van der Waals surface area contributed by atoms with E-state index in [0.717, 1.165) is 20.7 Å². The van der Waals surface area contributed by atoms with Crippen molar-refractivity contribution in [1.29, 1.82) is 0 Å². The van der Waals surface area contributed by atoms with Crippen LogP contribution in [0.25, 0.3) is 0 Å². The molecule has 0 bridgehead atoms. The summed E-state index contributed by atoms with van der Waals surface area (Å²) < 4.78 is 0.938. The number of hydrogen-bond acceptors (Lipinski definition) is 4. The lowest BCUT2D eigenvalue weighted by Gasteiger charge is -1.97. The smallest absolute Gasteiger partial charge is 0.308 e. The Morgan fingerprint density at radius 2 is 2.11 bits per heavy atom. The summed E-state index contributed by atoms with van der Waals surface area (Å²) in [7, 11) is 0. The number of carbonyl (C=O) groups is 1. The number of aliphatic carboxylic acids is 1. The summed E-state index contributed by atoms with van der Waals surface area (Å²) in [5, 5.41) is 8.78. The largest absolute Gasteiger partial charge is 0.481 e. The molecule has 0 unspecified atom stereocenters. The molecule has 0 saturated heterocycles. The maximum absolute atomic E-state index is 10.7. The molecule has 1 N–H and O–H groups in total. The molecule has 5 heteroatoms. The van der Waals surface area contributed by atoms with Crippen LogP contribution in [0.4, 0.5) is 0 Å². The molecule has 1 heterocycles. The van der Waals surface area contributed by atoms with Gasteiger partial charge in [0.1, 0.15) is 0 Å². The third-order valence-electron chi connectivity index (χ3n) is 2.39. The Bertz CT molecular complexity index is 537. The average Bonchev–Trinajstić information content (AvgIpc) is 2.68. The fourth-order valence-corrected chi connectivity index (χ4v) is 3.66. The normalized spacial score (nSPS) is 10.5. The van der Waals surface area contributed by atoms with Crippen LogP contribution >= 0.6 is 23.1 Å². The molecule has 18 heavy (non-hydrogen) atoms. The van der Waals surface area contributed by atoms with Gasteiger partial charge in [0.2, 0.25) is 0 Å². The number of thiazole rings is 1. The first-order chi connectivity index (χ1) is 8.65. The maximum Gasteiger partial charge on any atom is 0.308 e. The van der Waals surface area contributed by atoms with Gasteiger partial charge in [-0.15, -0.1) is 11.3 Å². The highest BCUT2D eigenvalue weighted by molar-refractivity contribution is 8.00. The highest BCUT2D eigenvalue weighted by atomic mass is 32.2. The SMILES string of the molecule is Cc1nc(SCc2ccccc2)sc1CC(=O)O. The van der Waals surface area contributed by atoms with Crippen LogP contribution in [0.3, 0.4) is 0 Å². The average molecular weight is 279 g/mol. The van der Waals surface area contributed by atoms with Crippen molar-refractivity contribution in [2.24, 2.45) is 0 Å². The molecule has 1 aromatic carbocycles. The lowest BCUT2D eigenvalue weighted by Crippen LogP contribution is -1.99. The zero-order valence-corrected chi connectivity index (χ0v) is 11.6. The predicted molar refractivity (Wildman–Crippen MR) is 74.2 cm³/mol. The topological polar surface area (TPSA) is 50.2 Å². The van der Waals surface area contributed by atoms with Gasteiger partial charge in [0.15, 0.2) is 4.34 Å². The molecule has 2 aromatic rings. The number of hydrogen-bond donors (Lipinski definition) is 1. The van der Waals surface area contributed by atoms with Crippen LogP contribution < -0.4 is 0 Å². The number of benzene rings is 1. The van der Waals surface area contributed by atoms with Crippen LogP contribution in [0, 0.1) is 6.92 Å². The highest BCUT2D eigenvalue weighted by Crippen LogP contribution is 2.29. The van der Waals surface area contributed by atoms with E-state index < -0.39 is 5.97 Å². The first-order valence-corrected chi connectivity index (χ1v) is 7.30. The minimum absolute atomic E-state index is 0.0649. The van der Waals surface area contributed by atoms with Gasteiger partial charge >= 0.3 is 5.97 Å². The molecule has 0 atom stereocenters. The van der Waals surface area contributed by atoms with Crippen molar-refractivity contribution in [3.8, 4) is 0 Å². The van der Waals surface area contributed by atoms with Crippen LogP contribution in [-0.2, 0) is 17.0 Å².